The average molecular weight is 288 g/mol. The Morgan fingerprint density at radius 1 is 1.35 bits per heavy atom. The van der Waals surface area contributed by atoms with Crippen LogP contribution in [0, 0.1) is 0 Å². The number of carboxylic acid groups (broad SMARTS) is 1. The van der Waals surface area contributed by atoms with E-state index < -0.39 is 23.7 Å². The summed E-state index contributed by atoms with van der Waals surface area (Å²) in [7, 11) is 0. The molecule has 1 fully saturated rings. The molecule has 0 aromatic rings. The maximum absolute atomic E-state index is 11.6. The van der Waals surface area contributed by atoms with Gasteiger partial charge in [0, 0.05) is 0 Å². The third-order valence-electron chi connectivity index (χ3n) is 2.77. The van der Waals surface area contributed by atoms with Crippen LogP contribution in [-0.2, 0) is 14.3 Å². The molecule has 1 saturated heterocycles. The van der Waals surface area contributed by atoms with Gasteiger partial charge < -0.3 is 25.2 Å². The molecule has 1 atom stereocenters. The Hall–Kier alpha value is -1.34. The minimum Gasteiger partial charge on any atom is -0.480 e. The monoisotopic (exact) mass is 288 g/mol. The van der Waals surface area contributed by atoms with Crippen molar-refractivity contribution in [2.24, 2.45) is 0 Å². The Morgan fingerprint density at radius 3 is 2.45 bits per heavy atom. The van der Waals surface area contributed by atoms with Crippen LogP contribution in [0.5, 0.6) is 0 Å². The highest BCUT2D eigenvalue weighted by Crippen LogP contribution is 2.09. The summed E-state index contributed by atoms with van der Waals surface area (Å²) in [5.41, 5.74) is -0.664. The van der Waals surface area contributed by atoms with E-state index in [1.165, 1.54) is 0 Å². The number of hydrogen-bond donors (Lipinski definition) is 3. The van der Waals surface area contributed by atoms with E-state index in [9.17, 15) is 9.59 Å². The fourth-order valence-electron chi connectivity index (χ4n) is 1.82. The van der Waals surface area contributed by atoms with Crippen molar-refractivity contribution in [3.8, 4) is 0 Å². The molecular formula is C13H24N2O5. The van der Waals surface area contributed by atoms with Crippen LogP contribution in [0.25, 0.3) is 0 Å². The van der Waals surface area contributed by atoms with Gasteiger partial charge in [0.15, 0.2) is 6.04 Å². The van der Waals surface area contributed by atoms with Gasteiger partial charge in [0.25, 0.3) is 0 Å². The Bertz CT molecular complexity index is 334. The molecule has 20 heavy (non-hydrogen) atoms. The van der Waals surface area contributed by atoms with Gasteiger partial charge >= 0.3 is 12.1 Å². The Morgan fingerprint density at radius 2 is 1.95 bits per heavy atom. The van der Waals surface area contributed by atoms with Gasteiger partial charge in [-0.2, -0.15) is 0 Å². The SMILES string of the molecule is CC(C)(C)OC(=O)N[C@@H](COC1CCNCC1)C(=O)O. The molecule has 0 spiro atoms. The van der Waals surface area contributed by atoms with Gasteiger partial charge in [-0.15, -0.1) is 0 Å². The lowest BCUT2D eigenvalue weighted by Gasteiger charge is -2.25. The largest absolute Gasteiger partial charge is 0.480 e. The molecule has 1 heterocycles. The fraction of sp³-hybridized carbons (Fsp3) is 0.846. The predicted octanol–water partition coefficient (Wildman–Crippen LogP) is 0.733. The first-order chi connectivity index (χ1) is 9.28. The van der Waals surface area contributed by atoms with Crippen LogP contribution < -0.4 is 10.6 Å². The zero-order valence-electron chi connectivity index (χ0n) is 12.3. The molecular weight excluding hydrogens is 264 g/mol. The van der Waals surface area contributed by atoms with Crippen molar-refractivity contribution in [3.05, 3.63) is 0 Å². The lowest BCUT2D eigenvalue weighted by Crippen LogP contribution is -2.47. The molecule has 0 aromatic heterocycles. The first-order valence-electron chi connectivity index (χ1n) is 6.82. The molecule has 0 radical (unpaired) electrons. The van der Waals surface area contributed by atoms with E-state index in [0.717, 1.165) is 25.9 Å². The Balaban J connectivity index is 2.39. The van der Waals surface area contributed by atoms with Crippen molar-refractivity contribution in [2.75, 3.05) is 19.7 Å². The van der Waals surface area contributed by atoms with Crippen molar-refractivity contribution >= 4 is 12.1 Å². The molecule has 1 aliphatic heterocycles. The molecule has 1 rings (SSSR count). The van der Waals surface area contributed by atoms with Crippen LogP contribution in [0.4, 0.5) is 4.79 Å². The summed E-state index contributed by atoms with van der Waals surface area (Å²) in [6, 6.07) is -1.10. The highest BCUT2D eigenvalue weighted by atomic mass is 16.6. The van der Waals surface area contributed by atoms with Crippen LogP contribution >= 0.6 is 0 Å². The van der Waals surface area contributed by atoms with Gasteiger partial charge in [0.05, 0.1) is 12.7 Å². The lowest BCUT2D eigenvalue weighted by atomic mass is 10.1. The summed E-state index contributed by atoms with van der Waals surface area (Å²) < 4.78 is 10.6. The molecule has 7 nitrogen and oxygen atoms in total. The van der Waals surface area contributed by atoms with Gasteiger partial charge in [-0.1, -0.05) is 0 Å². The summed E-state index contributed by atoms with van der Waals surface area (Å²) in [5, 5.41) is 14.6. The second-order valence-corrected chi connectivity index (χ2v) is 5.82. The number of nitrogens with one attached hydrogen (secondary N) is 2. The van der Waals surface area contributed by atoms with Crippen LogP contribution in [-0.4, -0.2) is 54.6 Å². The van der Waals surface area contributed by atoms with Crippen molar-refractivity contribution < 1.29 is 24.2 Å². The molecule has 0 unspecified atom stereocenters. The van der Waals surface area contributed by atoms with E-state index in [1.807, 2.05) is 0 Å². The number of carbonyl (C=O) groups excluding carboxylic acids is 1. The van der Waals surface area contributed by atoms with Gasteiger partial charge in [0.1, 0.15) is 5.60 Å². The van der Waals surface area contributed by atoms with Crippen molar-refractivity contribution in [3.63, 3.8) is 0 Å². The zero-order chi connectivity index (χ0) is 15.2. The smallest absolute Gasteiger partial charge is 0.408 e. The summed E-state index contributed by atoms with van der Waals surface area (Å²) in [4.78, 5) is 22.7. The average Bonchev–Trinajstić information content (AvgIpc) is 2.33. The van der Waals surface area contributed by atoms with E-state index in [-0.39, 0.29) is 12.7 Å². The third kappa shape index (κ3) is 6.72. The number of rotatable bonds is 5. The van der Waals surface area contributed by atoms with E-state index in [4.69, 9.17) is 14.6 Å². The Labute approximate surface area is 119 Å². The summed E-state index contributed by atoms with van der Waals surface area (Å²) in [6.45, 7) is 6.82. The predicted molar refractivity (Wildman–Crippen MR) is 72.6 cm³/mol. The first kappa shape index (κ1) is 16.7. The summed E-state index contributed by atoms with van der Waals surface area (Å²) in [5.74, 6) is -1.13. The first-order valence-corrected chi connectivity index (χ1v) is 6.82. The van der Waals surface area contributed by atoms with Gasteiger partial charge in [-0.05, 0) is 46.7 Å². The quantitative estimate of drug-likeness (QED) is 0.690. The Kier molecular flexibility index (Phi) is 6.22. The van der Waals surface area contributed by atoms with E-state index in [2.05, 4.69) is 10.6 Å². The van der Waals surface area contributed by atoms with E-state index in [0.29, 0.717) is 0 Å². The number of aliphatic carboxylic acids is 1. The van der Waals surface area contributed by atoms with Crippen molar-refractivity contribution in [1.29, 1.82) is 0 Å². The molecule has 0 saturated carbocycles. The molecule has 1 amide bonds. The number of carboxylic acids is 1. The normalized spacial score (nSPS) is 18.4. The molecule has 116 valence electrons. The number of piperidine rings is 1. The van der Waals surface area contributed by atoms with Gasteiger partial charge in [0.2, 0.25) is 0 Å². The van der Waals surface area contributed by atoms with E-state index in [1.54, 1.807) is 20.8 Å². The summed E-state index contributed by atoms with van der Waals surface area (Å²) in [6.07, 6.45) is 0.981. The standard InChI is InChI=1S/C13H24N2O5/c1-13(2,3)20-12(18)15-10(11(16)17)8-19-9-4-6-14-7-5-9/h9-10,14H,4-8H2,1-3H3,(H,15,18)(H,16,17)/t10-/m0/s1. The third-order valence-corrected chi connectivity index (χ3v) is 2.77. The van der Waals surface area contributed by atoms with Gasteiger partial charge in [-0.25, -0.2) is 9.59 Å². The molecule has 0 bridgehead atoms. The van der Waals surface area contributed by atoms with Crippen LogP contribution in [0.1, 0.15) is 33.6 Å². The number of ether oxygens (including phenoxy) is 2. The molecule has 0 aromatic carbocycles. The molecule has 0 aliphatic carbocycles. The topological polar surface area (TPSA) is 96.9 Å². The van der Waals surface area contributed by atoms with E-state index >= 15 is 0 Å². The number of amides is 1. The summed E-state index contributed by atoms with van der Waals surface area (Å²) >= 11 is 0. The number of alkyl carbamates (subject to hydrolysis) is 1. The maximum atomic E-state index is 11.6. The second kappa shape index (κ2) is 7.44. The van der Waals surface area contributed by atoms with Crippen LogP contribution in [0.15, 0.2) is 0 Å². The molecule has 7 heteroatoms. The van der Waals surface area contributed by atoms with Gasteiger partial charge in [-0.3, -0.25) is 0 Å². The fourth-order valence-corrected chi connectivity index (χ4v) is 1.82. The zero-order valence-corrected chi connectivity index (χ0v) is 12.3. The molecule has 3 N–H and O–H groups in total. The highest BCUT2D eigenvalue weighted by Gasteiger charge is 2.25. The number of hydrogen-bond acceptors (Lipinski definition) is 5. The maximum Gasteiger partial charge on any atom is 0.408 e. The highest BCUT2D eigenvalue weighted by molar-refractivity contribution is 5.80. The minimum absolute atomic E-state index is 0.0403. The number of carbonyl (C=O) groups is 2. The lowest BCUT2D eigenvalue weighted by molar-refractivity contribution is -0.142. The van der Waals surface area contributed by atoms with Crippen molar-refractivity contribution in [2.45, 2.75) is 51.4 Å². The second-order valence-electron chi connectivity index (χ2n) is 5.82. The van der Waals surface area contributed by atoms with Crippen LogP contribution in [0.3, 0.4) is 0 Å². The van der Waals surface area contributed by atoms with Crippen LogP contribution in [0.2, 0.25) is 0 Å². The molecule has 1 aliphatic rings. The van der Waals surface area contributed by atoms with Crippen molar-refractivity contribution in [1.82, 2.24) is 10.6 Å². The minimum atomic E-state index is -1.13.